The zero-order valence-corrected chi connectivity index (χ0v) is 10.6. The van der Waals surface area contributed by atoms with Crippen molar-refractivity contribution in [3.63, 3.8) is 0 Å². The molecular formula is C14H21NO3. The van der Waals surface area contributed by atoms with Crippen molar-refractivity contribution >= 4 is 11.9 Å². The molecule has 0 spiro atoms. The topological polar surface area (TPSA) is 66.4 Å². The van der Waals surface area contributed by atoms with E-state index in [0.717, 1.165) is 38.5 Å². The Morgan fingerprint density at radius 2 is 1.72 bits per heavy atom. The summed E-state index contributed by atoms with van der Waals surface area (Å²) in [5.41, 5.74) is 0. The number of nitrogens with one attached hydrogen (secondary N) is 1. The van der Waals surface area contributed by atoms with Crippen LogP contribution in [0.2, 0.25) is 0 Å². The number of carboxylic acid groups (broad SMARTS) is 1. The minimum atomic E-state index is -0.772. The average molecular weight is 251 g/mol. The maximum Gasteiger partial charge on any atom is 0.308 e. The van der Waals surface area contributed by atoms with E-state index in [-0.39, 0.29) is 17.9 Å². The summed E-state index contributed by atoms with van der Waals surface area (Å²) in [5.74, 6) is -1.14. The Morgan fingerprint density at radius 3 is 2.39 bits per heavy atom. The molecule has 2 rings (SSSR count). The van der Waals surface area contributed by atoms with Crippen LogP contribution in [0.4, 0.5) is 0 Å². The highest BCUT2D eigenvalue weighted by atomic mass is 16.4. The Hall–Kier alpha value is -1.32. The maximum absolute atomic E-state index is 12.0. The predicted octanol–water partition coefficient (Wildman–Crippen LogP) is 2.10. The molecule has 0 aromatic heterocycles. The number of allylic oxidation sites excluding steroid dienone is 2. The predicted molar refractivity (Wildman–Crippen MR) is 68.0 cm³/mol. The molecule has 2 N–H and O–H groups in total. The molecule has 4 nitrogen and oxygen atoms in total. The lowest BCUT2D eigenvalue weighted by molar-refractivity contribution is -0.143. The largest absolute Gasteiger partial charge is 0.481 e. The molecule has 0 bridgehead atoms. The van der Waals surface area contributed by atoms with E-state index in [1.54, 1.807) is 0 Å². The minimum Gasteiger partial charge on any atom is -0.481 e. The molecule has 0 radical (unpaired) electrons. The summed E-state index contributed by atoms with van der Waals surface area (Å²) in [7, 11) is 0. The van der Waals surface area contributed by atoms with Gasteiger partial charge in [0.1, 0.15) is 0 Å². The summed E-state index contributed by atoms with van der Waals surface area (Å²) >= 11 is 0. The van der Waals surface area contributed by atoms with Crippen molar-refractivity contribution in [3.05, 3.63) is 12.2 Å². The number of aliphatic carboxylic acids is 1. The van der Waals surface area contributed by atoms with Gasteiger partial charge in [0.25, 0.3) is 0 Å². The summed E-state index contributed by atoms with van der Waals surface area (Å²) in [5, 5.41) is 12.2. The lowest BCUT2D eigenvalue weighted by Crippen LogP contribution is -2.44. The first-order valence-electron chi connectivity index (χ1n) is 6.86. The van der Waals surface area contributed by atoms with E-state index < -0.39 is 11.9 Å². The minimum absolute atomic E-state index is 0.0164. The van der Waals surface area contributed by atoms with Gasteiger partial charge in [-0.1, -0.05) is 31.4 Å². The van der Waals surface area contributed by atoms with Crippen LogP contribution in [-0.4, -0.2) is 23.0 Å². The lowest BCUT2D eigenvalue weighted by atomic mass is 9.94. The van der Waals surface area contributed by atoms with Gasteiger partial charge in [-0.05, 0) is 25.7 Å². The highest BCUT2D eigenvalue weighted by Crippen LogP contribution is 2.25. The van der Waals surface area contributed by atoms with E-state index in [2.05, 4.69) is 5.32 Å². The molecule has 2 atom stereocenters. The Balaban J connectivity index is 1.95. The van der Waals surface area contributed by atoms with Gasteiger partial charge in [0.2, 0.25) is 5.91 Å². The van der Waals surface area contributed by atoms with Crippen LogP contribution in [-0.2, 0) is 9.59 Å². The highest BCUT2D eigenvalue weighted by Gasteiger charge is 2.32. The van der Waals surface area contributed by atoms with Crippen molar-refractivity contribution in [2.24, 2.45) is 11.8 Å². The van der Waals surface area contributed by atoms with Crippen LogP contribution in [0.1, 0.15) is 44.9 Å². The zero-order valence-electron chi connectivity index (χ0n) is 10.6. The number of carbonyl (C=O) groups is 2. The number of rotatable bonds is 3. The van der Waals surface area contributed by atoms with Crippen molar-refractivity contribution < 1.29 is 14.7 Å². The van der Waals surface area contributed by atoms with Gasteiger partial charge in [-0.3, -0.25) is 9.59 Å². The Bertz CT molecular complexity index is 343. The summed E-state index contributed by atoms with van der Waals surface area (Å²) in [6.07, 6.45) is 10.1. The average Bonchev–Trinajstić information content (AvgIpc) is 2.77. The van der Waals surface area contributed by atoms with Crippen LogP contribution in [0.15, 0.2) is 12.2 Å². The second kappa shape index (κ2) is 6.03. The molecule has 1 fully saturated rings. The van der Waals surface area contributed by atoms with Crippen molar-refractivity contribution in [2.45, 2.75) is 51.0 Å². The standard InChI is InChI=1S/C14H21NO3/c16-13(10-6-4-5-7-10)15-12-9-3-1-2-8-11(12)14(17)18/h4-5,10-12H,1-3,6-9H2,(H,15,16)(H,17,18)/t11-,12-/m1/s1. The van der Waals surface area contributed by atoms with E-state index in [0.29, 0.717) is 6.42 Å². The fraction of sp³-hybridized carbons (Fsp3) is 0.714. The number of carboxylic acids is 1. The van der Waals surface area contributed by atoms with Gasteiger partial charge in [-0.2, -0.15) is 0 Å². The van der Waals surface area contributed by atoms with Crippen LogP contribution >= 0.6 is 0 Å². The van der Waals surface area contributed by atoms with Crippen LogP contribution < -0.4 is 5.32 Å². The number of hydrogen-bond acceptors (Lipinski definition) is 2. The monoisotopic (exact) mass is 251 g/mol. The summed E-state index contributed by atoms with van der Waals surface area (Å²) in [6, 6.07) is -0.182. The van der Waals surface area contributed by atoms with Crippen LogP contribution in [0.25, 0.3) is 0 Å². The van der Waals surface area contributed by atoms with Crippen molar-refractivity contribution in [1.29, 1.82) is 0 Å². The van der Waals surface area contributed by atoms with Gasteiger partial charge in [-0.15, -0.1) is 0 Å². The molecule has 0 aromatic rings. The first kappa shape index (κ1) is 13.1. The Labute approximate surface area is 107 Å². The van der Waals surface area contributed by atoms with Crippen molar-refractivity contribution in [2.75, 3.05) is 0 Å². The molecule has 0 aromatic carbocycles. The van der Waals surface area contributed by atoms with E-state index in [1.165, 1.54) is 0 Å². The molecule has 18 heavy (non-hydrogen) atoms. The normalized spacial score (nSPS) is 28.9. The van der Waals surface area contributed by atoms with E-state index in [4.69, 9.17) is 0 Å². The molecule has 2 aliphatic rings. The number of amides is 1. The van der Waals surface area contributed by atoms with E-state index >= 15 is 0 Å². The smallest absolute Gasteiger partial charge is 0.308 e. The van der Waals surface area contributed by atoms with Gasteiger partial charge in [0.05, 0.1) is 5.92 Å². The SMILES string of the molecule is O=C(N[C@@H]1CCCCC[C@H]1C(=O)O)C1CC=CC1. The fourth-order valence-electron chi connectivity index (χ4n) is 2.91. The van der Waals surface area contributed by atoms with Crippen LogP contribution in [0, 0.1) is 11.8 Å². The van der Waals surface area contributed by atoms with Crippen molar-refractivity contribution in [3.8, 4) is 0 Å². The second-order valence-electron chi connectivity index (χ2n) is 5.34. The summed E-state index contributed by atoms with van der Waals surface area (Å²) < 4.78 is 0. The van der Waals surface area contributed by atoms with E-state index in [9.17, 15) is 14.7 Å². The first-order valence-corrected chi connectivity index (χ1v) is 6.86. The summed E-state index contributed by atoms with van der Waals surface area (Å²) in [4.78, 5) is 23.3. The highest BCUT2D eigenvalue weighted by molar-refractivity contribution is 5.81. The Morgan fingerprint density at radius 1 is 1.06 bits per heavy atom. The molecule has 4 heteroatoms. The molecular weight excluding hydrogens is 230 g/mol. The van der Waals surface area contributed by atoms with Crippen molar-refractivity contribution in [1.82, 2.24) is 5.32 Å². The molecule has 0 heterocycles. The molecule has 0 aliphatic heterocycles. The third-order valence-corrected chi connectivity index (χ3v) is 4.04. The van der Waals surface area contributed by atoms with Gasteiger partial charge in [-0.25, -0.2) is 0 Å². The van der Waals surface area contributed by atoms with E-state index in [1.807, 2.05) is 12.2 Å². The molecule has 0 saturated heterocycles. The van der Waals surface area contributed by atoms with Crippen LogP contribution in [0.5, 0.6) is 0 Å². The maximum atomic E-state index is 12.0. The second-order valence-corrected chi connectivity index (χ2v) is 5.34. The van der Waals surface area contributed by atoms with Crippen LogP contribution in [0.3, 0.4) is 0 Å². The molecule has 1 saturated carbocycles. The molecule has 1 amide bonds. The molecule has 100 valence electrons. The zero-order chi connectivity index (χ0) is 13.0. The first-order chi connectivity index (χ1) is 8.68. The number of hydrogen-bond donors (Lipinski definition) is 2. The van der Waals surface area contributed by atoms with Gasteiger partial charge in [0, 0.05) is 12.0 Å². The third kappa shape index (κ3) is 3.12. The van der Waals surface area contributed by atoms with Gasteiger partial charge >= 0.3 is 5.97 Å². The number of carbonyl (C=O) groups excluding carboxylic acids is 1. The molecule has 0 unspecified atom stereocenters. The Kier molecular flexibility index (Phi) is 4.39. The van der Waals surface area contributed by atoms with Gasteiger partial charge in [0.15, 0.2) is 0 Å². The quantitative estimate of drug-likeness (QED) is 0.596. The molecule has 2 aliphatic carbocycles. The van der Waals surface area contributed by atoms with Gasteiger partial charge < -0.3 is 10.4 Å². The lowest BCUT2D eigenvalue weighted by Gasteiger charge is -2.24. The fourth-order valence-corrected chi connectivity index (χ4v) is 2.91. The third-order valence-electron chi connectivity index (χ3n) is 4.04. The summed E-state index contributed by atoms with van der Waals surface area (Å²) in [6.45, 7) is 0.